The highest BCUT2D eigenvalue weighted by molar-refractivity contribution is 5.78. The zero-order valence-electron chi connectivity index (χ0n) is 12.2. The third-order valence-electron chi connectivity index (χ3n) is 4.11. The SMILES string of the molecule is O=C(CCC1CCNC1)NCCc1cc2ccccc2o1. The van der Waals surface area contributed by atoms with Crippen LogP contribution in [0.2, 0.25) is 0 Å². The van der Waals surface area contributed by atoms with Crippen LogP contribution in [0.4, 0.5) is 0 Å². The number of carbonyl (C=O) groups is 1. The number of hydrogen-bond acceptors (Lipinski definition) is 3. The Hall–Kier alpha value is -1.81. The third-order valence-corrected chi connectivity index (χ3v) is 4.11. The molecule has 1 aliphatic rings. The minimum atomic E-state index is 0.151. The Balaban J connectivity index is 1.39. The number of benzene rings is 1. The fraction of sp³-hybridized carbons (Fsp3) is 0.471. The number of nitrogens with one attached hydrogen (secondary N) is 2. The molecule has 2 aromatic rings. The number of hydrogen-bond donors (Lipinski definition) is 2. The number of fused-ring (bicyclic) bond motifs is 1. The Morgan fingerprint density at radius 3 is 3.10 bits per heavy atom. The van der Waals surface area contributed by atoms with E-state index in [1.165, 1.54) is 6.42 Å². The van der Waals surface area contributed by atoms with Gasteiger partial charge in [-0.15, -0.1) is 0 Å². The molecule has 1 aromatic carbocycles. The van der Waals surface area contributed by atoms with Crippen molar-refractivity contribution in [3.63, 3.8) is 0 Å². The van der Waals surface area contributed by atoms with Crippen molar-refractivity contribution in [3.8, 4) is 0 Å². The maximum atomic E-state index is 11.8. The van der Waals surface area contributed by atoms with Crippen molar-refractivity contribution in [1.29, 1.82) is 0 Å². The average Bonchev–Trinajstić information content (AvgIpc) is 3.14. The number of amides is 1. The molecule has 1 fully saturated rings. The molecule has 2 heterocycles. The summed E-state index contributed by atoms with van der Waals surface area (Å²) < 4.78 is 5.73. The Morgan fingerprint density at radius 1 is 1.38 bits per heavy atom. The fourth-order valence-corrected chi connectivity index (χ4v) is 2.87. The van der Waals surface area contributed by atoms with E-state index in [0.717, 1.165) is 42.7 Å². The number of rotatable bonds is 6. The summed E-state index contributed by atoms with van der Waals surface area (Å²) in [6.45, 7) is 2.80. The maximum absolute atomic E-state index is 11.8. The van der Waals surface area contributed by atoms with Crippen molar-refractivity contribution >= 4 is 16.9 Å². The van der Waals surface area contributed by atoms with Crippen molar-refractivity contribution in [2.24, 2.45) is 5.92 Å². The van der Waals surface area contributed by atoms with E-state index in [2.05, 4.69) is 10.6 Å². The quantitative estimate of drug-likeness (QED) is 0.858. The van der Waals surface area contributed by atoms with Crippen LogP contribution in [-0.2, 0) is 11.2 Å². The summed E-state index contributed by atoms with van der Waals surface area (Å²) >= 11 is 0. The van der Waals surface area contributed by atoms with Gasteiger partial charge in [0.15, 0.2) is 0 Å². The van der Waals surface area contributed by atoms with Gasteiger partial charge in [-0.2, -0.15) is 0 Å². The molecule has 1 aromatic heterocycles. The lowest BCUT2D eigenvalue weighted by Gasteiger charge is -2.08. The normalized spacial score (nSPS) is 18.2. The van der Waals surface area contributed by atoms with Gasteiger partial charge >= 0.3 is 0 Å². The van der Waals surface area contributed by atoms with E-state index in [1.54, 1.807) is 0 Å². The minimum Gasteiger partial charge on any atom is -0.461 e. The fourth-order valence-electron chi connectivity index (χ4n) is 2.87. The van der Waals surface area contributed by atoms with Gasteiger partial charge in [0.05, 0.1) is 0 Å². The van der Waals surface area contributed by atoms with Crippen LogP contribution in [0.3, 0.4) is 0 Å². The van der Waals surface area contributed by atoms with E-state index >= 15 is 0 Å². The first-order valence-electron chi connectivity index (χ1n) is 7.76. The van der Waals surface area contributed by atoms with Crippen LogP contribution in [-0.4, -0.2) is 25.5 Å². The van der Waals surface area contributed by atoms with Crippen molar-refractivity contribution in [2.45, 2.75) is 25.7 Å². The second kappa shape index (κ2) is 6.76. The monoisotopic (exact) mass is 286 g/mol. The highest BCUT2D eigenvalue weighted by Gasteiger charge is 2.15. The van der Waals surface area contributed by atoms with Crippen LogP contribution in [0.1, 0.15) is 25.0 Å². The van der Waals surface area contributed by atoms with Gasteiger partial charge in [0, 0.05) is 24.8 Å². The molecule has 2 N–H and O–H groups in total. The highest BCUT2D eigenvalue weighted by atomic mass is 16.3. The second-order valence-corrected chi connectivity index (χ2v) is 5.75. The summed E-state index contributed by atoms with van der Waals surface area (Å²) in [6, 6.07) is 10.0. The third kappa shape index (κ3) is 3.85. The van der Waals surface area contributed by atoms with Gasteiger partial charge < -0.3 is 15.1 Å². The molecular formula is C17H22N2O2. The Morgan fingerprint density at radius 2 is 2.29 bits per heavy atom. The molecule has 1 saturated heterocycles. The summed E-state index contributed by atoms with van der Waals surface area (Å²) in [5.74, 6) is 1.75. The summed E-state index contributed by atoms with van der Waals surface area (Å²) in [5.41, 5.74) is 0.910. The van der Waals surface area contributed by atoms with Crippen molar-refractivity contribution < 1.29 is 9.21 Å². The number of carbonyl (C=O) groups excluding carboxylic acids is 1. The smallest absolute Gasteiger partial charge is 0.220 e. The van der Waals surface area contributed by atoms with E-state index in [1.807, 2.05) is 30.3 Å². The van der Waals surface area contributed by atoms with Crippen LogP contribution in [0.25, 0.3) is 11.0 Å². The van der Waals surface area contributed by atoms with Gasteiger partial charge in [-0.1, -0.05) is 18.2 Å². The lowest BCUT2D eigenvalue weighted by atomic mass is 10.0. The van der Waals surface area contributed by atoms with Gasteiger partial charge in [-0.3, -0.25) is 4.79 Å². The van der Waals surface area contributed by atoms with Gasteiger partial charge in [-0.25, -0.2) is 0 Å². The molecule has 0 bridgehead atoms. The van der Waals surface area contributed by atoms with E-state index in [4.69, 9.17) is 4.42 Å². The molecule has 3 rings (SSSR count). The molecule has 1 unspecified atom stereocenters. The Labute approximate surface area is 124 Å². The van der Waals surface area contributed by atoms with Crippen LogP contribution >= 0.6 is 0 Å². The average molecular weight is 286 g/mol. The summed E-state index contributed by atoms with van der Waals surface area (Å²) in [7, 11) is 0. The first-order valence-corrected chi connectivity index (χ1v) is 7.76. The molecule has 112 valence electrons. The van der Waals surface area contributed by atoms with E-state index in [0.29, 0.717) is 18.9 Å². The molecular weight excluding hydrogens is 264 g/mol. The molecule has 1 atom stereocenters. The molecule has 0 radical (unpaired) electrons. The topological polar surface area (TPSA) is 54.3 Å². The summed E-state index contributed by atoms with van der Waals surface area (Å²) in [5, 5.41) is 7.43. The first-order chi connectivity index (χ1) is 10.3. The van der Waals surface area contributed by atoms with Crippen LogP contribution < -0.4 is 10.6 Å². The van der Waals surface area contributed by atoms with Crippen LogP contribution in [0, 0.1) is 5.92 Å². The predicted octanol–water partition coefficient (Wildman–Crippen LogP) is 2.48. The molecule has 4 nitrogen and oxygen atoms in total. The van der Waals surface area contributed by atoms with Gasteiger partial charge in [0.2, 0.25) is 5.91 Å². The number of para-hydroxylation sites is 1. The van der Waals surface area contributed by atoms with Crippen molar-refractivity contribution in [2.75, 3.05) is 19.6 Å². The van der Waals surface area contributed by atoms with E-state index < -0.39 is 0 Å². The summed E-state index contributed by atoms with van der Waals surface area (Å²) in [6.07, 6.45) is 3.56. The summed E-state index contributed by atoms with van der Waals surface area (Å²) in [4.78, 5) is 11.8. The van der Waals surface area contributed by atoms with E-state index in [-0.39, 0.29) is 5.91 Å². The van der Waals surface area contributed by atoms with Crippen molar-refractivity contribution in [3.05, 3.63) is 36.1 Å². The molecule has 0 saturated carbocycles. The number of furan rings is 1. The minimum absolute atomic E-state index is 0.151. The molecule has 0 spiro atoms. The molecule has 21 heavy (non-hydrogen) atoms. The Bertz CT molecular complexity index is 567. The second-order valence-electron chi connectivity index (χ2n) is 5.75. The van der Waals surface area contributed by atoms with Gasteiger partial charge in [0.25, 0.3) is 0 Å². The zero-order valence-corrected chi connectivity index (χ0v) is 12.2. The largest absolute Gasteiger partial charge is 0.461 e. The van der Waals surface area contributed by atoms with Crippen molar-refractivity contribution in [1.82, 2.24) is 10.6 Å². The molecule has 4 heteroatoms. The first kappa shape index (κ1) is 14.1. The highest BCUT2D eigenvalue weighted by Crippen LogP contribution is 2.19. The maximum Gasteiger partial charge on any atom is 0.220 e. The molecule has 0 aliphatic carbocycles. The van der Waals surface area contributed by atoms with Crippen LogP contribution in [0.5, 0.6) is 0 Å². The van der Waals surface area contributed by atoms with Gasteiger partial charge in [-0.05, 0) is 44.0 Å². The van der Waals surface area contributed by atoms with E-state index in [9.17, 15) is 4.79 Å². The standard InChI is InChI=1S/C17H22N2O2/c20-17(6-5-13-7-9-18-12-13)19-10-8-15-11-14-3-1-2-4-16(14)21-15/h1-4,11,13,18H,5-10,12H2,(H,19,20). The zero-order chi connectivity index (χ0) is 14.5. The predicted molar refractivity (Wildman–Crippen MR) is 83.1 cm³/mol. The van der Waals surface area contributed by atoms with Gasteiger partial charge in [0.1, 0.15) is 11.3 Å². The lowest BCUT2D eigenvalue weighted by Crippen LogP contribution is -2.26. The Kier molecular flexibility index (Phi) is 4.55. The van der Waals surface area contributed by atoms with Crippen LogP contribution in [0.15, 0.2) is 34.7 Å². The lowest BCUT2D eigenvalue weighted by molar-refractivity contribution is -0.121. The molecule has 1 aliphatic heterocycles. The molecule has 1 amide bonds.